The zero-order valence-corrected chi connectivity index (χ0v) is 10.7. The number of rotatable bonds is 6. The maximum atomic E-state index is 11.9. The van der Waals surface area contributed by atoms with Gasteiger partial charge in [0.25, 0.3) is 10.2 Å². The fourth-order valence-corrected chi connectivity index (χ4v) is 2.66. The van der Waals surface area contributed by atoms with E-state index in [-0.39, 0.29) is 19.0 Å². The second-order valence-electron chi connectivity index (χ2n) is 3.90. The van der Waals surface area contributed by atoms with Gasteiger partial charge in [0.1, 0.15) is 0 Å². The first-order chi connectivity index (χ1) is 7.39. The van der Waals surface area contributed by atoms with Gasteiger partial charge in [0, 0.05) is 26.7 Å². The van der Waals surface area contributed by atoms with E-state index in [1.807, 2.05) is 0 Å². The molecule has 16 heavy (non-hydrogen) atoms. The molecule has 6 nitrogen and oxygen atoms in total. The SMILES string of the molecule is COC(=O)CCN(C)S(=O)(=O)N(C)C1CC1. The predicted molar refractivity (Wildman–Crippen MR) is 59.0 cm³/mol. The molecule has 0 unspecified atom stereocenters. The van der Waals surface area contributed by atoms with Gasteiger partial charge in [-0.25, -0.2) is 0 Å². The Hall–Kier alpha value is -0.660. The zero-order valence-electron chi connectivity index (χ0n) is 9.84. The summed E-state index contributed by atoms with van der Waals surface area (Å²) in [5, 5.41) is 0. The zero-order chi connectivity index (χ0) is 12.3. The first kappa shape index (κ1) is 13.4. The quantitative estimate of drug-likeness (QED) is 0.613. The maximum absolute atomic E-state index is 11.9. The molecule has 0 saturated heterocycles. The Morgan fingerprint density at radius 3 is 2.38 bits per heavy atom. The lowest BCUT2D eigenvalue weighted by atomic mass is 10.4. The van der Waals surface area contributed by atoms with Gasteiger partial charge in [-0.15, -0.1) is 0 Å². The number of methoxy groups -OCH3 is 1. The van der Waals surface area contributed by atoms with Gasteiger partial charge in [-0.05, 0) is 12.8 Å². The van der Waals surface area contributed by atoms with Crippen molar-refractivity contribution in [2.24, 2.45) is 0 Å². The molecule has 1 aliphatic rings. The van der Waals surface area contributed by atoms with E-state index in [2.05, 4.69) is 4.74 Å². The molecule has 0 aromatic heterocycles. The van der Waals surface area contributed by atoms with E-state index >= 15 is 0 Å². The average molecular weight is 250 g/mol. The summed E-state index contributed by atoms with van der Waals surface area (Å²) in [5.41, 5.74) is 0. The molecule has 0 N–H and O–H groups in total. The average Bonchev–Trinajstić information content (AvgIpc) is 3.07. The second kappa shape index (κ2) is 5.11. The van der Waals surface area contributed by atoms with Gasteiger partial charge in [-0.2, -0.15) is 17.0 Å². The van der Waals surface area contributed by atoms with Crippen molar-refractivity contribution in [1.82, 2.24) is 8.61 Å². The van der Waals surface area contributed by atoms with Crippen LogP contribution in [0.2, 0.25) is 0 Å². The van der Waals surface area contributed by atoms with Crippen LogP contribution in [0.4, 0.5) is 0 Å². The summed E-state index contributed by atoms with van der Waals surface area (Å²) in [6.45, 7) is 0.145. The molecule has 0 heterocycles. The van der Waals surface area contributed by atoms with Crippen molar-refractivity contribution in [3.8, 4) is 0 Å². The molecule has 1 fully saturated rings. The Morgan fingerprint density at radius 2 is 1.94 bits per heavy atom. The Balaban J connectivity index is 2.51. The van der Waals surface area contributed by atoms with Crippen LogP contribution in [0.15, 0.2) is 0 Å². The molecular weight excluding hydrogens is 232 g/mol. The van der Waals surface area contributed by atoms with Gasteiger partial charge in [-0.1, -0.05) is 0 Å². The van der Waals surface area contributed by atoms with Crippen molar-refractivity contribution in [2.45, 2.75) is 25.3 Å². The van der Waals surface area contributed by atoms with E-state index in [9.17, 15) is 13.2 Å². The monoisotopic (exact) mass is 250 g/mol. The largest absolute Gasteiger partial charge is 0.469 e. The standard InChI is InChI=1S/C9H18N2O4S/c1-10(7-6-9(12)15-3)16(13,14)11(2)8-4-5-8/h8H,4-7H2,1-3H3. The molecule has 1 rings (SSSR count). The minimum Gasteiger partial charge on any atom is -0.469 e. The molecule has 0 atom stereocenters. The molecule has 0 radical (unpaired) electrons. The van der Waals surface area contributed by atoms with Crippen molar-refractivity contribution >= 4 is 16.2 Å². The summed E-state index contributed by atoms with van der Waals surface area (Å²) in [6.07, 6.45) is 1.91. The van der Waals surface area contributed by atoms with E-state index in [1.165, 1.54) is 22.8 Å². The van der Waals surface area contributed by atoms with Crippen LogP contribution in [0.25, 0.3) is 0 Å². The number of esters is 1. The van der Waals surface area contributed by atoms with Crippen LogP contribution in [0.1, 0.15) is 19.3 Å². The Bertz CT molecular complexity index is 351. The third-order valence-electron chi connectivity index (χ3n) is 2.68. The second-order valence-corrected chi connectivity index (χ2v) is 6.00. The summed E-state index contributed by atoms with van der Waals surface area (Å²) >= 11 is 0. The van der Waals surface area contributed by atoms with Gasteiger partial charge in [-0.3, -0.25) is 4.79 Å². The lowest BCUT2D eigenvalue weighted by Gasteiger charge is -2.23. The van der Waals surface area contributed by atoms with E-state index < -0.39 is 16.2 Å². The predicted octanol–water partition coefficient (Wildman–Crippen LogP) is -0.180. The molecule has 1 saturated carbocycles. The normalized spacial score (nSPS) is 16.8. The number of nitrogens with zero attached hydrogens (tertiary/aromatic N) is 2. The van der Waals surface area contributed by atoms with Crippen molar-refractivity contribution in [3.05, 3.63) is 0 Å². The van der Waals surface area contributed by atoms with E-state index in [1.54, 1.807) is 7.05 Å². The van der Waals surface area contributed by atoms with Crippen molar-refractivity contribution in [1.29, 1.82) is 0 Å². The first-order valence-corrected chi connectivity index (χ1v) is 6.55. The Labute approximate surface area is 96.3 Å². The topological polar surface area (TPSA) is 66.9 Å². The minimum absolute atomic E-state index is 0.0741. The number of ether oxygens (including phenoxy) is 1. The summed E-state index contributed by atoms with van der Waals surface area (Å²) in [6, 6.07) is 0.130. The maximum Gasteiger partial charge on any atom is 0.306 e. The van der Waals surface area contributed by atoms with E-state index in [0.717, 1.165) is 12.8 Å². The van der Waals surface area contributed by atoms with Crippen LogP contribution in [-0.2, 0) is 19.7 Å². The number of hydrogen-bond acceptors (Lipinski definition) is 4. The molecule has 94 valence electrons. The highest BCUT2D eigenvalue weighted by Crippen LogP contribution is 2.28. The van der Waals surface area contributed by atoms with E-state index in [4.69, 9.17) is 0 Å². The fourth-order valence-electron chi connectivity index (χ4n) is 1.31. The lowest BCUT2D eigenvalue weighted by molar-refractivity contribution is -0.140. The molecule has 0 aromatic carbocycles. The van der Waals surface area contributed by atoms with Gasteiger partial charge < -0.3 is 4.74 Å². The molecule has 0 spiro atoms. The first-order valence-electron chi connectivity index (χ1n) is 5.15. The molecule has 0 bridgehead atoms. The van der Waals surface area contributed by atoms with Crippen LogP contribution < -0.4 is 0 Å². The van der Waals surface area contributed by atoms with Gasteiger partial charge in [0.15, 0.2) is 0 Å². The van der Waals surface area contributed by atoms with Crippen LogP contribution >= 0.6 is 0 Å². The highest BCUT2D eigenvalue weighted by molar-refractivity contribution is 7.86. The summed E-state index contributed by atoms with van der Waals surface area (Å²) in [7, 11) is 0.905. The van der Waals surface area contributed by atoms with Crippen molar-refractivity contribution in [3.63, 3.8) is 0 Å². The smallest absolute Gasteiger partial charge is 0.306 e. The Kier molecular flexibility index (Phi) is 4.28. The Morgan fingerprint density at radius 1 is 1.38 bits per heavy atom. The van der Waals surface area contributed by atoms with Crippen LogP contribution in [0.3, 0.4) is 0 Å². The number of hydrogen-bond donors (Lipinski definition) is 0. The van der Waals surface area contributed by atoms with Crippen molar-refractivity contribution in [2.75, 3.05) is 27.7 Å². The van der Waals surface area contributed by atoms with Crippen LogP contribution in [0.5, 0.6) is 0 Å². The fraction of sp³-hybridized carbons (Fsp3) is 0.889. The molecular formula is C9H18N2O4S. The molecule has 0 aromatic rings. The van der Waals surface area contributed by atoms with Gasteiger partial charge in [0.05, 0.1) is 13.5 Å². The van der Waals surface area contributed by atoms with Crippen molar-refractivity contribution < 1.29 is 17.9 Å². The molecule has 1 aliphatic carbocycles. The highest BCUT2D eigenvalue weighted by atomic mass is 32.2. The third-order valence-corrected chi connectivity index (χ3v) is 4.67. The summed E-state index contributed by atoms with van der Waals surface area (Å²) in [4.78, 5) is 10.9. The lowest BCUT2D eigenvalue weighted by Crippen LogP contribution is -2.41. The number of carbonyl (C=O) groups is 1. The minimum atomic E-state index is -3.42. The summed E-state index contributed by atoms with van der Waals surface area (Å²) < 4.78 is 30.8. The van der Waals surface area contributed by atoms with Gasteiger partial charge >= 0.3 is 5.97 Å². The molecule has 7 heteroatoms. The molecule has 0 amide bonds. The van der Waals surface area contributed by atoms with Gasteiger partial charge in [0.2, 0.25) is 0 Å². The van der Waals surface area contributed by atoms with E-state index in [0.29, 0.717) is 0 Å². The third kappa shape index (κ3) is 3.16. The van der Waals surface area contributed by atoms with Crippen LogP contribution in [0, 0.1) is 0 Å². The number of carbonyl (C=O) groups excluding carboxylic acids is 1. The van der Waals surface area contributed by atoms with Crippen LogP contribution in [-0.4, -0.2) is 56.8 Å². The molecule has 0 aliphatic heterocycles. The summed E-state index contributed by atoms with van der Waals surface area (Å²) in [5.74, 6) is -0.406. The highest BCUT2D eigenvalue weighted by Gasteiger charge is 2.36.